The minimum Gasteiger partial charge on any atom is -0.461 e. The predicted octanol–water partition coefficient (Wildman–Crippen LogP) is 4.89. The first-order valence-corrected chi connectivity index (χ1v) is 16.2. The summed E-state index contributed by atoms with van der Waals surface area (Å²) in [6.07, 6.45) is 13.9. The largest absolute Gasteiger partial charge is 0.461 e. The lowest BCUT2D eigenvalue weighted by Crippen LogP contribution is -2.41. The summed E-state index contributed by atoms with van der Waals surface area (Å²) in [5.41, 5.74) is 8.80. The number of aryl methyl sites for hydroxylation is 1. The second-order valence-electron chi connectivity index (χ2n) is 10.4. The van der Waals surface area contributed by atoms with Crippen LogP contribution in [0.5, 0.6) is 0 Å². The normalized spacial score (nSPS) is 13.4. The van der Waals surface area contributed by atoms with Crippen LogP contribution < -0.4 is 21.1 Å². The maximum absolute atomic E-state index is 12.3. The van der Waals surface area contributed by atoms with Crippen LogP contribution in [0.3, 0.4) is 0 Å². The third-order valence-corrected chi connectivity index (χ3v) is 8.04. The fraction of sp³-hybridized carbons (Fsp3) is 0.257. The lowest BCUT2D eigenvalue weighted by atomic mass is 10.1. The molecule has 5 N–H and O–H groups in total. The van der Waals surface area contributed by atoms with Crippen LogP contribution in [0, 0.1) is 31.2 Å². The molecule has 47 heavy (non-hydrogen) atoms. The minimum atomic E-state index is -1.30. The Hall–Kier alpha value is -5.59. The zero-order chi connectivity index (χ0) is 34.0. The zero-order valence-corrected chi connectivity index (χ0v) is 27.1. The van der Waals surface area contributed by atoms with Gasteiger partial charge in [0.25, 0.3) is 0 Å². The topological polar surface area (TPSA) is 166 Å². The number of hydrogen-bond acceptors (Lipinski definition) is 6. The van der Waals surface area contributed by atoms with E-state index < -0.39 is 11.0 Å². The summed E-state index contributed by atoms with van der Waals surface area (Å²) in [4.78, 5) is 30.5. The van der Waals surface area contributed by atoms with Gasteiger partial charge in [-0.3, -0.25) is 14.9 Å². The molecule has 0 saturated carbocycles. The van der Waals surface area contributed by atoms with Crippen molar-refractivity contribution in [1.82, 2.24) is 15.5 Å². The molecule has 4 aromatic rings. The number of nitriles is 1. The maximum atomic E-state index is 12.3. The minimum absolute atomic E-state index is 0.0714. The Morgan fingerprint density at radius 2 is 1.81 bits per heavy atom. The van der Waals surface area contributed by atoms with E-state index in [9.17, 15) is 13.8 Å². The van der Waals surface area contributed by atoms with Crippen LogP contribution >= 0.6 is 0 Å². The molecular weight excluding hydrogens is 614 g/mol. The molecule has 0 spiro atoms. The van der Waals surface area contributed by atoms with E-state index in [-0.39, 0.29) is 24.3 Å². The number of terminal acetylenes is 1. The van der Waals surface area contributed by atoms with Crippen LogP contribution in [0.1, 0.15) is 37.0 Å². The second kappa shape index (κ2) is 19.0. The summed E-state index contributed by atoms with van der Waals surface area (Å²) in [6.45, 7) is 3.22. The maximum Gasteiger partial charge on any atom is 0.239 e. The number of aliphatic imine (C=N–C) groups is 1. The molecule has 244 valence electrons. The van der Waals surface area contributed by atoms with Gasteiger partial charge in [-0.1, -0.05) is 36.8 Å². The van der Waals surface area contributed by atoms with Crippen molar-refractivity contribution in [2.75, 3.05) is 24.4 Å². The average molecular weight is 654 g/mol. The molecule has 12 heteroatoms. The van der Waals surface area contributed by atoms with Gasteiger partial charge in [0.05, 0.1) is 17.1 Å². The number of nitrogens with two attached hydrogens (primary N) is 1. The first-order chi connectivity index (χ1) is 22.8. The Morgan fingerprint density at radius 3 is 2.53 bits per heavy atom. The standard InChI is InChI=1S/C22H27N3O3S.C11H10N4O.C2H2/c26-21(17-25-16-6-2-5-9-22(25)27)23-15-14-18-10-12-19(13-11-18)24-29(28)20-7-3-1-4-8-20;1-7-4-8-5-9(2-3-10(8)16-7)15-11(13)14-6-12;1-2/h1,3-4,7-8,10-13,24H,2,5-6,9,14-17H2,(H,23,26);2-5H,1H3,(H3,13,14,15);1-2H. The molecule has 11 nitrogen and oxygen atoms in total. The Morgan fingerprint density at radius 1 is 1.06 bits per heavy atom. The number of carbonyl (C=O) groups excluding carboxylic acids is 2. The third kappa shape index (κ3) is 12.0. The third-order valence-electron chi connectivity index (χ3n) is 6.92. The smallest absolute Gasteiger partial charge is 0.239 e. The number of nitrogens with one attached hydrogen (secondary N) is 3. The molecule has 0 aliphatic carbocycles. The first-order valence-electron chi connectivity index (χ1n) is 15.0. The Kier molecular flexibility index (Phi) is 14.5. The monoisotopic (exact) mass is 653 g/mol. The summed E-state index contributed by atoms with van der Waals surface area (Å²) in [5.74, 6) is 0.881. The number of hydrogen-bond donors (Lipinski definition) is 4. The van der Waals surface area contributed by atoms with E-state index in [0.29, 0.717) is 31.6 Å². The number of benzene rings is 3. The highest BCUT2D eigenvalue weighted by molar-refractivity contribution is 7.86. The predicted molar refractivity (Wildman–Crippen MR) is 186 cm³/mol. The van der Waals surface area contributed by atoms with Crippen LogP contribution in [0.25, 0.3) is 11.0 Å². The van der Waals surface area contributed by atoms with Crippen molar-refractivity contribution in [2.24, 2.45) is 10.7 Å². The van der Waals surface area contributed by atoms with E-state index in [1.807, 2.05) is 79.7 Å². The summed E-state index contributed by atoms with van der Waals surface area (Å²) in [5, 5.41) is 14.5. The number of likely N-dealkylation sites (tertiary alicyclic amines) is 1. The quantitative estimate of drug-likeness (QED) is 0.0656. The van der Waals surface area contributed by atoms with Gasteiger partial charge in [-0.05, 0) is 80.3 Å². The second-order valence-corrected chi connectivity index (χ2v) is 11.6. The Balaban J connectivity index is 0.000000281. The number of carbonyl (C=O) groups is 2. The SMILES string of the molecule is C#C.Cc1cc2cc(N=C(N)NC#N)ccc2o1.O=C(CN1CCCCCC1=O)NCCc1ccc(NS(=O)c2ccccc2)cc1. The van der Waals surface area contributed by atoms with Crippen molar-refractivity contribution >= 4 is 51.1 Å². The summed E-state index contributed by atoms with van der Waals surface area (Å²) < 4.78 is 20.7. The van der Waals surface area contributed by atoms with Gasteiger partial charge in [0.1, 0.15) is 22.3 Å². The average Bonchev–Trinajstić information content (AvgIpc) is 3.33. The number of anilines is 1. The van der Waals surface area contributed by atoms with Crippen molar-refractivity contribution in [3.63, 3.8) is 0 Å². The number of nitrogens with zero attached hydrogens (tertiary/aromatic N) is 3. The van der Waals surface area contributed by atoms with Crippen LogP contribution in [0.15, 0.2) is 93.2 Å². The van der Waals surface area contributed by atoms with Gasteiger partial charge in [0, 0.05) is 30.6 Å². The van der Waals surface area contributed by atoms with E-state index in [1.54, 1.807) is 17.2 Å². The zero-order valence-electron chi connectivity index (χ0n) is 26.3. The van der Waals surface area contributed by atoms with Crippen molar-refractivity contribution < 1.29 is 18.2 Å². The van der Waals surface area contributed by atoms with Gasteiger partial charge < -0.3 is 25.1 Å². The van der Waals surface area contributed by atoms with Crippen LogP contribution in [0.2, 0.25) is 0 Å². The fourth-order valence-electron chi connectivity index (χ4n) is 4.69. The molecule has 5 rings (SSSR count). The molecule has 2 amide bonds. The molecule has 3 aromatic carbocycles. The van der Waals surface area contributed by atoms with E-state index in [4.69, 9.17) is 15.4 Å². The van der Waals surface area contributed by atoms with Crippen molar-refractivity contribution in [1.29, 1.82) is 5.26 Å². The van der Waals surface area contributed by atoms with Gasteiger partial charge >= 0.3 is 0 Å². The van der Waals surface area contributed by atoms with Gasteiger partial charge in [0.2, 0.25) is 17.8 Å². The number of amides is 2. The summed E-state index contributed by atoms with van der Waals surface area (Å²) in [6, 6.07) is 24.3. The first kappa shape index (κ1) is 35.9. The van der Waals surface area contributed by atoms with Crippen LogP contribution in [-0.4, -0.2) is 46.5 Å². The van der Waals surface area contributed by atoms with Crippen molar-refractivity contribution in [3.8, 4) is 19.0 Å². The van der Waals surface area contributed by atoms with Crippen LogP contribution in [-0.2, 0) is 27.0 Å². The van der Waals surface area contributed by atoms with Gasteiger partial charge in [-0.2, -0.15) is 5.26 Å². The molecule has 1 aromatic heterocycles. The van der Waals surface area contributed by atoms with Crippen molar-refractivity contribution in [2.45, 2.75) is 43.9 Å². The van der Waals surface area contributed by atoms with E-state index in [2.05, 4.69) is 33.2 Å². The highest BCUT2D eigenvalue weighted by atomic mass is 32.2. The molecule has 0 bridgehead atoms. The lowest BCUT2D eigenvalue weighted by Gasteiger charge is -2.19. The molecule has 1 atom stereocenters. The molecule has 1 aliphatic rings. The van der Waals surface area contributed by atoms with Gasteiger partial charge in [0.15, 0.2) is 6.19 Å². The number of fused-ring (bicyclic) bond motifs is 1. The molecule has 1 fully saturated rings. The molecule has 2 heterocycles. The Bertz CT molecular complexity index is 1730. The number of rotatable bonds is 9. The summed E-state index contributed by atoms with van der Waals surface area (Å²) in [7, 11) is -1.30. The molecule has 1 saturated heterocycles. The molecule has 0 radical (unpaired) electrons. The molecule has 1 aliphatic heterocycles. The van der Waals surface area contributed by atoms with E-state index in [0.717, 1.165) is 52.1 Å². The summed E-state index contributed by atoms with van der Waals surface area (Å²) >= 11 is 0. The Labute approximate surface area is 277 Å². The van der Waals surface area contributed by atoms with Gasteiger partial charge in [-0.25, -0.2) is 9.20 Å². The molecule has 1 unspecified atom stereocenters. The highest BCUT2D eigenvalue weighted by Crippen LogP contribution is 2.24. The van der Waals surface area contributed by atoms with E-state index >= 15 is 0 Å². The number of guanidine groups is 1. The van der Waals surface area contributed by atoms with Crippen LogP contribution in [0.4, 0.5) is 11.4 Å². The number of furan rings is 1. The fourth-order valence-corrected chi connectivity index (χ4v) is 5.56. The lowest BCUT2D eigenvalue weighted by molar-refractivity contribution is -0.135. The van der Waals surface area contributed by atoms with E-state index in [1.165, 1.54) is 0 Å². The molecular formula is C35H39N7O4S. The highest BCUT2D eigenvalue weighted by Gasteiger charge is 2.18. The van der Waals surface area contributed by atoms with Gasteiger partial charge in [-0.15, -0.1) is 12.8 Å². The van der Waals surface area contributed by atoms with Crippen molar-refractivity contribution in [3.05, 3.63) is 90.2 Å².